The Hall–Kier alpha value is -2.71. The highest BCUT2D eigenvalue weighted by molar-refractivity contribution is 5.96. The number of nitrogens with two attached hydrogens (primary N) is 1. The van der Waals surface area contributed by atoms with Crippen molar-refractivity contribution in [2.24, 2.45) is 5.73 Å². The number of nitrogens with zero attached hydrogens (tertiary/aromatic N) is 3. The van der Waals surface area contributed by atoms with Crippen molar-refractivity contribution >= 4 is 23.2 Å². The number of amides is 1. The summed E-state index contributed by atoms with van der Waals surface area (Å²) >= 11 is 0. The first-order valence-corrected chi connectivity index (χ1v) is 13.3. The molecule has 188 valence electrons. The van der Waals surface area contributed by atoms with Crippen LogP contribution < -0.4 is 16.4 Å². The number of primary amides is 1. The summed E-state index contributed by atoms with van der Waals surface area (Å²) in [6.45, 7) is 5.74. The molecule has 1 aliphatic carbocycles. The second-order valence-corrected chi connectivity index (χ2v) is 10.0. The zero-order valence-electron chi connectivity index (χ0n) is 20.8. The van der Waals surface area contributed by atoms with E-state index in [0.717, 1.165) is 69.4 Å². The predicted octanol–water partition coefficient (Wildman–Crippen LogP) is 3.82. The fraction of sp³-hybridized carbons (Fsp3) is 0.593. The van der Waals surface area contributed by atoms with Crippen LogP contribution in [-0.2, 0) is 24.0 Å². The Morgan fingerprint density at radius 2 is 1.80 bits per heavy atom. The molecule has 1 saturated carbocycles. The summed E-state index contributed by atoms with van der Waals surface area (Å²) in [6.07, 6.45) is 10.1. The highest BCUT2D eigenvalue weighted by atomic mass is 16.5. The summed E-state index contributed by atoms with van der Waals surface area (Å²) in [5, 5.41) is 6.90. The normalized spacial score (nSPS) is 19.8. The van der Waals surface area contributed by atoms with Gasteiger partial charge in [-0.05, 0) is 68.2 Å². The molecule has 0 bridgehead atoms. The van der Waals surface area contributed by atoms with E-state index in [1.807, 2.05) is 6.92 Å². The van der Waals surface area contributed by atoms with Gasteiger partial charge in [-0.1, -0.05) is 25.8 Å². The molecular formula is C27H38N6O2. The standard InChI is InChI=1S/C27H38N6O2/c1-2-23-26(29-20-11-15-35-16-12-20)32-27(24(31-23)25(28)34)30-21-8-7-18-9-13-33(14-10-19(18)17-21)22-5-3-4-6-22/h7-8,17,20,22H,2-6,9-16H2,1H3,(H2,28,34)(H2,29,30,32). The maximum absolute atomic E-state index is 12.3. The van der Waals surface area contributed by atoms with Gasteiger partial charge in [0.15, 0.2) is 17.3 Å². The molecule has 2 aromatic rings. The molecule has 1 amide bonds. The molecule has 8 nitrogen and oxygen atoms in total. The SMILES string of the molecule is CCc1nc(C(N)=O)c(Nc2ccc3c(c2)CCN(C2CCCC2)CC3)nc1NC1CCOCC1. The summed E-state index contributed by atoms with van der Waals surface area (Å²) in [4.78, 5) is 24.4. The quantitative estimate of drug-likeness (QED) is 0.556. The van der Waals surface area contributed by atoms with Crippen molar-refractivity contribution in [1.29, 1.82) is 0 Å². The molecule has 35 heavy (non-hydrogen) atoms. The van der Waals surface area contributed by atoms with Gasteiger partial charge in [-0.2, -0.15) is 0 Å². The maximum Gasteiger partial charge on any atom is 0.271 e. The number of ether oxygens (including phenoxy) is 1. The van der Waals surface area contributed by atoms with E-state index in [0.29, 0.717) is 18.1 Å². The van der Waals surface area contributed by atoms with Crippen LogP contribution in [0.3, 0.4) is 0 Å². The molecule has 2 aliphatic heterocycles. The van der Waals surface area contributed by atoms with Crippen molar-refractivity contribution < 1.29 is 9.53 Å². The molecule has 0 spiro atoms. The number of anilines is 3. The number of benzene rings is 1. The third-order valence-corrected chi connectivity index (χ3v) is 7.75. The Bertz CT molecular complexity index is 1050. The zero-order chi connectivity index (χ0) is 24.2. The van der Waals surface area contributed by atoms with Crippen LogP contribution in [0.4, 0.5) is 17.3 Å². The van der Waals surface area contributed by atoms with Crippen LogP contribution in [0.15, 0.2) is 18.2 Å². The molecule has 3 heterocycles. The fourth-order valence-corrected chi connectivity index (χ4v) is 5.72. The molecule has 5 rings (SSSR count). The molecule has 0 unspecified atom stereocenters. The molecule has 0 atom stereocenters. The van der Waals surface area contributed by atoms with E-state index in [1.54, 1.807) is 0 Å². The number of hydrogen-bond donors (Lipinski definition) is 3. The summed E-state index contributed by atoms with van der Waals surface area (Å²) in [5.41, 5.74) is 10.3. The van der Waals surface area contributed by atoms with Gasteiger partial charge >= 0.3 is 0 Å². The summed E-state index contributed by atoms with van der Waals surface area (Å²) in [6, 6.07) is 7.55. The Morgan fingerprint density at radius 1 is 1.06 bits per heavy atom. The van der Waals surface area contributed by atoms with Crippen molar-refractivity contribution in [2.45, 2.75) is 76.8 Å². The molecule has 1 saturated heterocycles. The average molecular weight is 479 g/mol. The summed E-state index contributed by atoms with van der Waals surface area (Å²) < 4.78 is 5.48. The fourth-order valence-electron chi connectivity index (χ4n) is 5.72. The van der Waals surface area contributed by atoms with Crippen LogP contribution in [0.2, 0.25) is 0 Å². The number of carbonyl (C=O) groups excluding carboxylic acids is 1. The van der Waals surface area contributed by atoms with E-state index in [4.69, 9.17) is 15.5 Å². The van der Waals surface area contributed by atoms with E-state index in [9.17, 15) is 4.79 Å². The van der Waals surface area contributed by atoms with Crippen LogP contribution in [0.25, 0.3) is 0 Å². The number of rotatable bonds is 7. The lowest BCUT2D eigenvalue weighted by molar-refractivity contribution is 0.0903. The van der Waals surface area contributed by atoms with Crippen molar-refractivity contribution in [1.82, 2.24) is 14.9 Å². The molecule has 3 aliphatic rings. The third-order valence-electron chi connectivity index (χ3n) is 7.75. The Balaban J connectivity index is 1.37. The Labute approximate surface area is 208 Å². The largest absolute Gasteiger partial charge is 0.381 e. The molecule has 2 fully saturated rings. The molecule has 8 heteroatoms. The smallest absolute Gasteiger partial charge is 0.271 e. The first-order chi connectivity index (χ1) is 17.1. The van der Waals surface area contributed by atoms with Crippen LogP contribution in [0.5, 0.6) is 0 Å². The van der Waals surface area contributed by atoms with E-state index in [1.165, 1.54) is 36.8 Å². The number of fused-ring (bicyclic) bond motifs is 1. The van der Waals surface area contributed by atoms with Crippen LogP contribution in [0.1, 0.15) is 72.8 Å². The first kappa shape index (κ1) is 24.0. The molecular weight excluding hydrogens is 440 g/mol. The van der Waals surface area contributed by atoms with Gasteiger partial charge in [0.25, 0.3) is 5.91 Å². The number of aromatic nitrogens is 2. The number of hydrogen-bond acceptors (Lipinski definition) is 7. The lowest BCUT2D eigenvalue weighted by Crippen LogP contribution is -2.35. The van der Waals surface area contributed by atoms with Gasteiger partial charge in [0.1, 0.15) is 0 Å². The highest BCUT2D eigenvalue weighted by Crippen LogP contribution is 2.29. The van der Waals surface area contributed by atoms with E-state index >= 15 is 0 Å². The monoisotopic (exact) mass is 478 g/mol. The molecule has 0 radical (unpaired) electrons. The molecule has 1 aromatic carbocycles. The lowest BCUT2D eigenvalue weighted by atomic mass is 10.0. The van der Waals surface area contributed by atoms with Gasteiger partial charge in [-0.15, -0.1) is 0 Å². The predicted molar refractivity (Wildman–Crippen MR) is 138 cm³/mol. The topological polar surface area (TPSA) is 105 Å². The number of aryl methyl sites for hydroxylation is 1. The minimum absolute atomic E-state index is 0.182. The van der Waals surface area contributed by atoms with E-state index in [2.05, 4.69) is 38.7 Å². The van der Waals surface area contributed by atoms with Crippen molar-refractivity contribution in [3.63, 3.8) is 0 Å². The molecule has 1 aromatic heterocycles. The van der Waals surface area contributed by atoms with Gasteiger partial charge in [-0.25, -0.2) is 9.97 Å². The van der Waals surface area contributed by atoms with Crippen molar-refractivity contribution in [2.75, 3.05) is 36.9 Å². The average Bonchev–Trinajstić information content (AvgIpc) is 3.32. The number of carbonyl (C=O) groups is 1. The Morgan fingerprint density at radius 3 is 2.51 bits per heavy atom. The second-order valence-electron chi connectivity index (χ2n) is 10.0. The van der Waals surface area contributed by atoms with Gasteiger partial charge in [0, 0.05) is 44.1 Å². The van der Waals surface area contributed by atoms with Gasteiger partial charge in [0.2, 0.25) is 0 Å². The number of nitrogens with one attached hydrogen (secondary N) is 2. The third kappa shape index (κ3) is 5.59. The molecule has 4 N–H and O–H groups in total. The van der Waals surface area contributed by atoms with Gasteiger partial charge < -0.3 is 21.1 Å². The van der Waals surface area contributed by atoms with Gasteiger partial charge in [0.05, 0.1) is 5.69 Å². The van der Waals surface area contributed by atoms with Crippen LogP contribution in [0, 0.1) is 0 Å². The highest BCUT2D eigenvalue weighted by Gasteiger charge is 2.25. The second kappa shape index (κ2) is 10.9. The first-order valence-electron chi connectivity index (χ1n) is 13.3. The van der Waals surface area contributed by atoms with E-state index < -0.39 is 5.91 Å². The maximum atomic E-state index is 12.3. The van der Waals surface area contributed by atoms with Crippen LogP contribution >= 0.6 is 0 Å². The van der Waals surface area contributed by atoms with Crippen molar-refractivity contribution in [3.8, 4) is 0 Å². The van der Waals surface area contributed by atoms with E-state index in [-0.39, 0.29) is 11.7 Å². The van der Waals surface area contributed by atoms with Gasteiger partial charge in [-0.3, -0.25) is 9.69 Å². The minimum atomic E-state index is -0.575. The minimum Gasteiger partial charge on any atom is -0.381 e. The zero-order valence-corrected chi connectivity index (χ0v) is 20.8. The lowest BCUT2D eigenvalue weighted by Gasteiger charge is -2.26. The van der Waals surface area contributed by atoms with Crippen molar-refractivity contribution in [3.05, 3.63) is 40.7 Å². The summed E-state index contributed by atoms with van der Waals surface area (Å²) in [7, 11) is 0. The Kier molecular flexibility index (Phi) is 7.48. The summed E-state index contributed by atoms with van der Waals surface area (Å²) in [5.74, 6) is 0.550. The van der Waals surface area contributed by atoms with Crippen LogP contribution in [-0.4, -0.2) is 59.2 Å².